The molecular formula is C30H27F3N4O3. The summed E-state index contributed by atoms with van der Waals surface area (Å²) >= 11 is 0. The molecule has 0 spiro atoms. The van der Waals surface area contributed by atoms with Crippen molar-refractivity contribution >= 4 is 23.4 Å². The lowest BCUT2D eigenvalue weighted by Crippen LogP contribution is -2.43. The Hall–Kier alpha value is -4.99. The maximum atomic E-state index is 13.1. The highest BCUT2D eigenvalue weighted by atomic mass is 19.4. The molecule has 0 aliphatic carbocycles. The van der Waals surface area contributed by atoms with Gasteiger partial charge in [-0.15, -0.1) is 0 Å². The number of carbonyl (C=O) groups is 2. The average molecular weight is 549 g/mol. The monoisotopic (exact) mass is 548 g/mol. The van der Waals surface area contributed by atoms with Gasteiger partial charge >= 0.3 is 18.2 Å². The van der Waals surface area contributed by atoms with Gasteiger partial charge in [0.2, 0.25) is 0 Å². The van der Waals surface area contributed by atoms with Crippen molar-refractivity contribution in [2.24, 2.45) is 0 Å². The maximum absolute atomic E-state index is 13.1. The van der Waals surface area contributed by atoms with Crippen LogP contribution in [0, 0.1) is 0 Å². The van der Waals surface area contributed by atoms with Gasteiger partial charge in [0.05, 0.1) is 24.8 Å². The summed E-state index contributed by atoms with van der Waals surface area (Å²) in [6.07, 6.45) is -4.49. The molecule has 0 aromatic heterocycles. The van der Waals surface area contributed by atoms with Gasteiger partial charge in [0.25, 0.3) is 0 Å². The standard InChI is InChI=1S/C30H27F3N4O3/c1-40-25-18-16-24(17-19-25)35-29(39)37-27(21-10-6-3-7-11-21)26(20-8-4-2-5-9-20)36-28(38)34-23-14-12-22(13-15-23)30(31,32)33/h2-19,26-27H,1H3,(H2,34,36,38)(H2,35,37,39). The minimum atomic E-state index is -4.49. The summed E-state index contributed by atoms with van der Waals surface area (Å²) in [4.78, 5) is 26.2. The second kappa shape index (κ2) is 12.7. The minimum absolute atomic E-state index is 0.179. The molecule has 0 bridgehead atoms. The summed E-state index contributed by atoms with van der Waals surface area (Å²) < 4.78 is 43.9. The number of ether oxygens (including phenoxy) is 1. The van der Waals surface area contributed by atoms with Gasteiger partial charge in [-0.05, 0) is 59.7 Å². The molecule has 7 nitrogen and oxygen atoms in total. The van der Waals surface area contributed by atoms with Crippen LogP contribution in [0.4, 0.5) is 34.1 Å². The number of benzene rings is 4. The number of hydrogen-bond acceptors (Lipinski definition) is 3. The highest BCUT2D eigenvalue weighted by molar-refractivity contribution is 5.91. The highest BCUT2D eigenvalue weighted by Gasteiger charge is 2.31. The summed E-state index contributed by atoms with van der Waals surface area (Å²) in [5.41, 5.74) is 1.31. The molecule has 206 valence electrons. The van der Waals surface area contributed by atoms with Crippen LogP contribution < -0.4 is 26.0 Å². The van der Waals surface area contributed by atoms with E-state index in [1.54, 1.807) is 43.5 Å². The molecule has 2 atom stereocenters. The molecule has 2 unspecified atom stereocenters. The van der Waals surface area contributed by atoms with Crippen LogP contribution in [0.3, 0.4) is 0 Å². The Morgan fingerprint density at radius 2 is 1.02 bits per heavy atom. The van der Waals surface area contributed by atoms with Gasteiger partial charge in [-0.2, -0.15) is 13.2 Å². The number of rotatable bonds is 8. The molecule has 0 saturated heterocycles. The van der Waals surface area contributed by atoms with Crippen molar-refractivity contribution in [2.75, 3.05) is 17.7 Å². The molecular weight excluding hydrogens is 521 g/mol. The van der Waals surface area contributed by atoms with Crippen LogP contribution in [0.2, 0.25) is 0 Å². The maximum Gasteiger partial charge on any atom is 0.416 e. The first-order chi connectivity index (χ1) is 19.2. The van der Waals surface area contributed by atoms with Gasteiger partial charge < -0.3 is 26.0 Å². The van der Waals surface area contributed by atoms with Crippen LogP contribution in [0.5, 0.6) is 5.75 Å². The molecule has 0 heterocycles. The SMILES string of the molecule is COc1ccc(NC(=O)NC(c2ccccc2)C(NC(=O)Nc2ccc(C(F)(F)F)cc2)c2ccccc2)cc1. The topological polar surface area (TPSA) is 91.5 Å². The molecule has 4 aromatic carbocycles. The van der Waals surface area contributed by atoms with E-state index in [-0.39, 0.29) is 5.69 Å². The van der Waals surface area contributed by atoms with Crippen LogP contribution in [0.25, 0.3) is 0 Å². The zero-order valence-electron chi connectivity index (χ0n) is 21.4. The number of urea groups is 2. The van der Waals surface area contributed by atoms with Gasteiger partial charge in [0.15, 0.2) is 0 Å². The van der Waals surface area contributed by atoms with E-state index in [4.69, 9.17) is 4.74 Å². The molecule has 4 N–H and O–H groups in total. The molecule has 10 heteroatoms. The Kier molecular flexibility index (Phi) is 8.90. The van der Waals surface area contributed by atoms with E-state index in [1.807, 2.05) is 48.5 Å². The first kappa shape index (κ1) is 28.0. The lowest BCUT2D eigenvalue weighted by molar-refractivity contribution is -0.137. The van der Waals surface area contributed by atoms with Gasteiger partial charge in [-0.3, -0.25) is 0 Å². The molecule has 0 aliphatic heterocycles. The number of hydrogen-bond donors (Lipinski definition) is 4. The fourth-order valence-electron chi connectivity index (χ4n) is 4.07. The Bertz CT molecular complexity index is 1400. The van der Waals surface area contributed by atoms with E-state index in [1.165, 1.54) is 12.1 Å². The molecule has 4 rings (SSSR count). The minimum Gasteiger partial charge on any atom is -0.497 e. The largest absolute Gasteiger partial charge is 0.497 e. The van der Waals surface area contributed by atoms with E-state index in [0.29, 0.717) is 17.0 Å². The molecule has 0 fully saturated rings. The summed E-state index contributed by atoms with van der Waals surface area (Å²) in [5.74, 6) is 0.639. The lowest BCUT2D eigenvalue weighted by atomic mass is 9.93. The Balaban J connectivity index is 1.58. The lowest BCUT2D eigenvalue weighted by Gasteiger charge is -2.30. The first-order valence-corrected chi connectivity index (χ1v) is 12.3. The molecule has 4 aromatic rings. The predicted octanol–water partition coefficient (Wildman–Crippen LogP) is 7.14. The predicted molar refractivity (Wildman–Crippen MR) is 147 cm³/mol. The van der Waals surface area contributed by atoms with Gasteiger partial charge in [0.1, 0.15) is 5.75 Å². The Labute approximate surface area is 229 Å². The fraction of sp³-hybridized carbons (Fsp3) is 0.133. The van der Waals surface area contributed by atoms with Crippen molar-refractivity contribution in [3.8, 4) is 5.75 Å². The Morgan fingerprint density at radius 3 is 1.40 bits per heavy atom. The second-order valence-electron chi connectivity index (χ2n) is 8.78. The van der Waals surface area contributed by atoms with Crippen molar-refractivity contribution in [3.63, 3.8) is 0 Å². The van der Waals surface area contributed by atoms with E-state index in [0.717, 1.165) is 17.7 Å². The smallest absolute Gasteiger partial charge is 0.416 e. The van der Waals surface area contributed by atoms with Crippen LogP contribution in [-0.4, -0.2) is 19.2 Å². The summed E-state index contributed by atoms with van der Waals surface area (Å²) in [7, 11) is 1.55. The quantitative estimate of drug-likeness (QED) is 0.189. The zero-order chi connectivity index (χ0) is 28.5. The van der Waals surface area contributed by atoms with Crippen molar-refractivity contribution in [2.45, 2.75) is 18.3 Å². The number of carbonyl (C=O) groups excluding carboxylic acids is 2. The number of alkyl halides is 3. The number of amides is 4. The van der Waals surface area contributed by atoms with Gasteiger partial charge in [-0.25, -0.2) is 9.59 Å². The fourth-order valence-corrected chi connectivity index (χ4v) is 4.07. The van der Waals surface area contributed by atoms with Gasteiger partial charge in [-0.1, -0.05) is 60.7 Å². The summed E-state index contributed by atoms with van der Waals surface area (Å²) in [5, 5.41) is 11.2. The van der Waals surface area contributed by atoms with E-state index in [2.05, 4.69) is 21.3 Å². The second-order valence-corrected chi connectivity index (χ2v) is 8.78. The van der Waals surface area contributed by atoms with Crippen molar-refractivity contribution < 1.29 is 27.5 Å². The molecule has 0 radical (unpaired) electrons. The normalized spacial score (nSPS) is 12.5. The van der Waals surface area contributed by atoms with Crippen LogP contribution in [-0.2, 0) is 6.18 Å². The third kappa shape index (κ3) is 7.53. The van der Waals surface area contributed by atoms with Crippen LogP contribution >= 0.6 is 0 Å². The van der Waals surface area contributed by atoms with E-state index in [9.17, 15) is 22.8 Å². The average Bonchev–Trinajstić information content (AvgIpc) is 2.96. The number of nitrogens with one attached hydrogen (secondary N) is 4. The number of halogens is 3. The van der Waals surface area contributed by atoms with Crippen LogP contribution in [0.1, 0.15) is 28.8 Å². The molecule has 0 saturated carbocycles. The summed E-state index contributed by atoms with van der Waals surface area (Å²) in [6.45, 7) is 0. The van der Waals surface area contributed by atoms with Crippen LogP contribution in [0.15, 0.2) is 109 Å². The molecule has 0 aliphatic rings. The number of anilines is 2. The third-order valence-electron chi connectivity index (χ3n) is 6.04. The summed E-state index contributed by atoms with van der Waals surface area (Å²) in [6, 6.07) is 26.5. The van der Waals surface area contributed by atoms with E-state index >= 15 is 0 Å². The van der Waals surface area contributed by atoms with E-state index < -0.39 is 35.9 Å². The highest BCUT2D eigenvalue weighted by Crippen LogP contribution is 2.31. The molecule has 4 amide bonds. The zero-order valence-corrected chi connectivity index (χ0v) is 21.4. The third-order valence-corrected chi connectivity index (χ3v) is 6.04. The number of methoxy groups -OCH3 is 1. The molecule has 40 heavy (non-hydrogen) atoms. The van der Waals surface area contributed by atoms with Gasteiger partial charge in [0, 0.05) is 11.4 Å². The van der Waals surface area contributed by atoms with Crippen molar-refractivity contribution in [1.82, 2.24) is 10.6 Å². The first-order valence-electron chi connectivity index (χ1n) is 12.3. The van der Waals surface area contributed by atoms with Crippen molar-refractivity contribution in [3.05, 3.63) is 126 Å². The Morgan fingerprint density at radius 1 is 0.625 bits per heavy atom. The van der Waals surface area contributed by atoms with Crippen molar-refractivity contribution in [1.29, 1.82) is 0 Å².